The molecule has 0 fully saturated rings. The standard InChI is InChI=1S/C50H93NO5/c1-3-5-7-9-11-13-15-22-26-30-34-38-42-48(53)47(46-52)51-49(54)43-39-35-31-27-23-20-18-17-19-21-25-29-33-37-41-45-56-50(55)44-40-36-32-28-24-16-14-12-10-8-6-4-2/h12,14,17,19,21,25,47-48,52-53H,3-11,13,15-16,18,20,22-24,26-46H2,1-2H3,(H,51,54)/b14-12-,19-17-,25-21-. The molecule has 0 radical (unpaired) electrons. The molecule has 0 aromatic carbocycles. The van der Waals surface area contributed by atoms with E-state index in [0.29, 0.717) is 25.9 Å². The van der Waals surface area contributed by atoms with Gasteiger partial charge >= 0.3 is 5.97 Å². The second-order valence-corrected chi connectivity index (χ2v) is 16.5. The van der Waals surface area contributed by atoms with Crippen LogP contribution in [0.25, 0.3) is 0 Å². The maximum atomic E-state index is 12.4. The van der Waals surface area contributed by atoms with E-state index in [1.807, 2.05) is 0 Å². The molecule has 328 valence electrons. The van der Waals surface area contributed by atoms with Gasteiger partial charge in [0.15, 0.2) is 0 Å². The summed E-state index contributed by atoms with van der Waals surface area (Å²) in [5.74, 6) is -0.0923. The van der Waals surface area contributed by atoms with Crippen LogP contribution in [0.2, 0.25) is 0 Å². The first-order valence-corrected chi connectivity index (χ1v) is 24.3. The summed E-state index contributed by atoms with van der Waals surface area (Å²) in [5.41, 5.74) is 0. The fourth-order valence-corrected chi connectivity index (χ4v) is 7.15. The first-order valence-electron chi connectivity index (χ1n) is 24.3. The van der Waals surface area contributed by atoms with Crippen LogP contribution in [-0.2, 0) is 14.3 Å². The van der Waals surface area contributed by atoms with Crippen molar-refractivity contribution in [2.75, 3.05) is 13.2 Å². The minimum Gasteiger partial charge on any atom is -0.466 e. The first-order chi connectivity index (χ1) is 27.5. The zero-order valence-corrected chi connectivity index (χ0v) is 37.1. The summed E-state index contributed by atoms with van der Waals surface area (Å²) in [5, 5.41) is 23.1. The highest BCUT2D eigenvalue weighted by molar-refractivity contribution is 5.76. The topological polar surface area (TPSA) is 95.9 Å². The van der Waals surface area contributed by atoms with Gasteiger partial charge in [-0.25, -0.2) is 0 Å². The highest BCUT2D eigenvalue weighted by Crippen LogP contribution is 2.15. The molecule has 0 aliphatic carbocycles. The lowest BCUT2D eigenvalue weighted by Gasteiger charge is -2.22. The van der Waals surface area contributed by atoms with Gasteiger partial charge in [-0.1, -0.05) is 185 Å². The summed E-state index contributed by atoms with van der Waals surface area (Å²) < 4.78 is 5.42. The largest absolute Gasteiger partial charge is 0.466 e. The summed E-state index contributed by atoms with van der Waals surface area (Å²) in [6.07, 6.45) is 53.9. The molecule has 0 rings (SSSR count). The fraction of sp³-hybridized carbons (Fsp3) is 0.840. The minimum atomic E-state index is -0.677. The molecule has 0 aromatic rings. The lowest BCUT2D eigenvalue weighted by atomic mass is 10.0. The van der Waals surface area contributed by atoms with E-state index in [0.717, 1.165) is 77.0 Å². The van der Waals surface area contributed by atoms with Crippen molar-refractivity contribution in [2.24, 2.45) is 0 Å². The monoisotopic (exact) mass is 788 g/mol. The van der Waals surface area contributed by atoms with Gasteiger partial charge in [-0.05, 0) is 83.5 Å². The number of carbonyl (C=O) groups excluding carboxylic acids is 2. The third-order valence-electron chi connectivity index (χ3n) is 10.9. The van der Waals surface area contributed by atoms with Crippen LogP contribution in [-0.4, -0.2) is 47.4 Å². The van der Waals surface area contributed by atoms with E-state index >= 15 is 0 Å². The third kappa shape index (κ3) is 41.7. The van der Waals surface area contributed by atoms with Gasteiger partial charge in [-0.3, -0.25) is 9.59 Å². The summed E-state index contributed by atoms with van der Waals surface area (Å²) in [6.45, 7) is 4.85. The van der Waals surface area contributed by atoms with Crippen LogP contribution in [0.15, 0.2) is 36.5 Å². The van der Waals surface area contributed by atoms with E-state index in [-0.39, 0.29) is 18.5 Å². The summed E-state index contributed by atoms with van der Waals surface area (Å²) >= 11 is 0. The molecule has 2 unspecified atom stereocenters. The Morgan fingerprint density at radius 3 is 1.41 bits per heavy atom. The molecule has 0 saturated heterocycles. The molecule has 1 amide bonds. The number of rotatable bonds is 44. The van der Waals surface area contributed by atoms with Gasteiger partial charge in [0.25, 0.3) is 0 Å². The number of hydrogen-bond acceptors (Lipinski definition) is 5. The van der Waals surface area contributed by atoms with Crippen LogP contribution in [0, 0.1) is 0 Å². The molecule has 6 heteroatoms. The molecule has 0 aliphatic heterocycles. The van der Waals surface area contributed by atoms with Gasteiger partial charge in [0.05, 0.1) is 25.4 Å². The molecule has 56 heavy (non-hydrogen) atoms. The summed E-state index contributed by atoms with van der Waals surface area (Å²) in [4.78, 5) is 24.4. The Hall–Kier alpha value is -1.92. The molecule has 0 saturated carbocycles. The molecule has 0 spiro atoms. The molecular weight excluding hydrogens is 695 g/mol. The van der Waals surface area contributed by atoms with Crippen LogP contribution in [0.1, 0.15) is 245 Å². The van der Waals surface area contributed by atoms with Crippen LogP contribution >= 0.6 is 0 Å². The molecule has 6 nitrogen and oxygen atoms in total. The highest BCUT2D eigenvalue weighted by Gasteiger charge is 2.20. The lowest BCUT2D eigenvalue weighted by molar-refractivity contribution is -0.143. The lowest BCUT2D eigenvalue weighted by Crippen LogP contribution is -2.45. The molecule has 0 heterocycles. The number of unbranched alkanes of at least 4 members (excludes halogenated alkanes) is 28. The Morgan fingerprint density at radius 1 is 0.500 bits per heavy atom. The van der Waals surface area contributed by atoms with E-state index < -0.39 is 12.1 Å². The zero-order valence-electron chi connectivity index (χ0n) is 37.1. The van der Waals surface area contributed by atoms with Crippen molar-refractivity contribution in [3.8, 4) is 0 Å². The Labute approximate surface area is 347 Å². The molecular formula is C50H93NO5. The van der Waals surface area contributed by atoms with Crippen molar-refractivity contribution in [3.05, 3.63) is 36.5 Å². The Morgan fingerprint density at radius 2 is 0.893 bits per heavy atom. The summed E-state index contributed by atoms with van der Waals surface area (Å²) in [6, 6.07) is -0.557. The van der Waals surface area contributed by atoms with E-state index in [9.17, 15) is 19.8 Å². The van der Waals surface area contributed by atoms with Gasteiger partial charge < -0.3 is 20.3 Å². The normalized spacial score (nSPS) is 13.0. The smallest absolute Gasteiger partial charge is 0.305 e. The quantitative estimate of drug-likeness (QED) is 0.0247. The number of aliphatic hydroxyl groups is 2. The Bertz CT molecular complexity index is 915. The van der Waals surface area contributed by atoms with Crippen molar-refractivity contribution < 1.29 is 24.5 Å². The number of aliphatic hydroxyl groups excluding tert-OH is 2. The number of esters is 1. The average molecular weight is 788 g/mol. The van der Waals surface area contributed by atoms with Crippen molar-refractivity contribution in [3.63, 3.8) is 0 Å². The second kappa shape index (κ2) is 45.8. The number of ether oxygens (including phenoxy) is 1. The van der Waals surface area contributed by atoms with Crippen LogP contribution in [0.5, 0.6) is 0 Å². The maximum absolute atomic E-state index is 12.4. The number of allylic oxidation sites excluding steroid dienone is 6. The van der Waals surface area contributed by atoms with Crippen LogP contribution in [0.4, 0.5) is 0 Å². The van der Waals surface area contributed by atoms with Crippen LogP contribution in [0.3, 0.4) is 0 Å². The molecule has 0 aromatic heterocycles. The van der Waals surface area contributed by atoms with Gasteiger partial charge in [0, 0.05) is 12.8 Å². The number of amides is 1. The van der Waals surface area contributed by atoms with E-state index in [4.69, 9.17) is 4.74 Å². The SMILES string of the molecule is CCCCC/C=C\CCCCCCCC(=O)OCCCCC/C=C\C=C/CCCCCCCCC(=O)NC(CO)C(O)CCCCCCCCCCCCCC. The van der Waals surface area contributed by atoms with E-state index in [1.165, 1.54) is 135 Å². The Balaban J connectivity index is 3.54. The number of nitrogens with one attached hydrogen (secondary N) is 1. The van der Waals surface area contributed by atoms with Crippen molar-refractivity contribution in [1.29, 1.82) is 0 Å². The molecule has 2 atom stereocenters. The van der Waals surface area contributed by atoms with Gasteiger partial charge in [-0.15, -0.1) is 0 Å². The molecule has 3 N–H and O–H groups in total. The van der Waals surface area contributed by atoms with Gasteiger partial charge in [0.2, 0.25) is 5.91 Å². The fourth-order valence-electron chi connectivity index (χ4n) is 7.15. The maximum Gasteiger partial charge on any atom is 0.305 e. The van der Waals surface area contributed by atoms with E-state index in [2.05, 4.69) is 55.6 Å². The summed E-state index contributed by atoms with van der Waals surface area (Å²) in [7, 11) is 0. The number of hydrogen-bond donors (Lipinski definition) is 3. The molecule has 0 bridgehead atoms. The zero-order chi connectivity index (χ0) is 40.8. The van der Waals surface area contributed by atoms with Gasteiger partial charge in [0.1, 0.15) is 0 Å². The minimum absolute atomic E-state index is 0.0326. The van der Waals surface area contributed by atoms with Crippen molar-refractivity contribution in [2.45, 2.75) is 257 Å². The second-order valence-electron chi connectivity index (χ2n) is 16.5. The predicted octanol–water partition coefficient (Wildman–Crippen LogP) is 14.1. The third-order valence-corrected chi connectivity index (χ3v) is 10.9. The van der Waals surface area contributed by atoms with Crippen molar-refractivity contribution in [1.82, 2.24) is 5.32 Å². The highest BCUT2D eigenvalue weighted by atomic mass is 16.5. The Kier molecular flexibility index (Phi) is 44.2. The average Bonchev–Trinajstić information content (AvgIpc) is 3.20. The van der Waals surface area contributed by atoms with Gasteiger partial charge in [-0.2, -0.15) is 0 Å². The molecule has 0 aliphatic rings. The predicted molar refractivity (Wildman–Crippen MR) is 241 cm³/mol. The number of carbonyl (C=O) groups is 2. The first kappa shape index (κ1) is 54.1. The van der Waals surface area contributed by atoms with Crippen LogP contribution < -0.4 is 5.32 Å². The van der Waals surface area contributed by atoms with E-state index in [1.54, 1.807) is 0 Å². The van der Waals surface area contributed by atoms with Crippen molar-refractivity contribution >= 4 is 11.9 Å².